The lowest BCUT2D eigenvalue weighted by atomic mass is 10.0. The maximum absolute atomic E-state index is 12.4. The number of thiazole rings is 1. The van der Waals surface area contributed by atoms with Gasteiger partial charge < -0.3 is 11.1 Å². The molecule has 1 atom stereocenters. The van der Waals surface area contributed by atoms with Gasteiger partial charge in [0.15, 0.2) is 10.7 Å². The van der Waals surface area contributed by atoms with Crippen molar-refractivity contribution in [2.45, 2.75) is 18.6 Å². The Balaban J connectivity index is 2.80. The second kappa shape index (κ2) is 4.30. The number of alkyl halides is 3. The number of nitrogens with zero attached hydrogens (tertiary/aromatic N) is 1. The number of nitrogens with two attached hydrogens (primary N) is 1. The first kappa shape index (κ1) is 13.4. The van der Waals surface area contributed by atoms with E-state index in [0.29, 0.717) is 10.7 Å². The highest BCUT2D eigenvalue weighted by atomic mass is 79.9. The lowest BCUT2D eigenvalue weighted by Crippen LogP contribution is -2.59. The number of aromatic nitrogens is 1. The summed E-state index contributed by atoms with van der Waals surface area (Å²) in [4.78, 5) is 15.0. The number of hydrogen-bond acceptors (Lipinski definition) is 4. The summed E-state index contributed by atoms with van der Waals surface area (Å²) in [5.41, 5.74) is 1.98. The normalized spacial score (nSPS) is 15.6. The number of carbonyl (C=O) groups is 1. The van der Waals surface area contributed by atoms with Crippen LogP contribution in [0, 0.1) is 0 Å². The minimum absolute atomic E-state index is 0.0535. The fourth-order valence-electron chi connectivity index (χ4n) is 0.668. The number of nitrogens with one attached hydrogen (secondary N) is 1. The van der Waals surface area contributed by atoms with Crippen molar-refractivity contribution in [2.24, 2.45) is 5.73 Å². The van der Waals surface area contributed by atoms with Crippen molar-refractivity contribution in [3.63, 3.8) is 0 Å². The minimum atomic E-state index is -4.81. The fraction of sp³-hybridized carbons (Fsp3) is 0.429. The van der Waals surface area contributed by atoms with Crippen LogP contribution in [-0.4, -0.2) is 22.6 Å². The second-order valence-electron chi connectivity index (χ2n) is 3.12. The van der Waals surface area contributed by atoms with Gasteiger partial charge in [-0.1, -0.05) is 11.3 Å². The highest BCUT2D eigenvalue weighted by molar-refractivity contribution is 9.11. The molecule has 0 fully saturated rings. The molecule has 1 heterocycles. The summed E-state index contributed by atoms with van der Waals surface area (Å²) >= 11 is 4.06. The van der Waals surface area contributed by atoms with Crippen LogP contribution in [-0.2, 0) is 4.79 Å². The van der Waals surface area contributed by atoms with Gasteiger partial charge in [0.2, 0.25) is 0 Å². The van der Waals surface area contributed by atoms with Gasteiger partial charge in [-0.2, -0.15) is 13.2 Å². The number of halogens is 4. The first-order valence-electron chi connectivity index (χ1n) is 3.93. The zero-order valence-corrected chi connectivity index (χ0v) is 10.3. The lowest BCUT2D eigenvalue weighted by molar-refractivity contribution is -0.184. The lowest BCUT2D eigenvalue weighted by Gasteiger charge is -2.25. The van der Waals surface area contributed by atoms with E-state index in [1.165, 1.54) is 6.20 Å². The summed E-state index contributed by atoms with van der Waals surface area (Å²) in [6.07, 6.45) is -3.45. The molecule has 90 valence electrons. The molecule has 0 aliphatic rings. The van der Waals surface area contributed by atoms with Crippen LogP contribution in [0.15, 0.2) is 9.98 Å². The monoisotopic (exact) mass is 317 g/mol. The second-order valence-corrected chi connectivity index (χ2v) is 5.53. The maximum Gasteiger partial charge on any atom is 0.415 e. The summed E-state index contributed by atoms with van der Waals surface area (Å²) in [6, 6.07) is 0. The molecule has 0 radical (unpaired) electrons. The Hall–Kier alpha value is -0.670. The number of hydrogen-bond donors (Lipinski definition) is 2. The van der Waals surface area contributed by atoms with Crippen LogP contribution < -0.4 is 11.1 Å². The number of anilines is 1. The van der Waals surface area contributed by atoms with E-state index < -0.39 is 17.6 Å². The Morgan fingerprint density at radius 1 is 1.62 bits per heavy atom. The van der Waals surface area contributed by atoms with Crippen LogP contribution in [0.1, 0.15) is 6.92 Å². The van der Waals surface area contributed by atoms with Crippen molar-refractivity contribution in [3.8, 4) is 0 Å². The molecule has 1 aromatic heterocycles. The van der Waals surface area contributed by atoms with Crippen LogP contribution in [0.4, 0.5) is 18.3 Å². The smallest absolute Gasteiger partial charge is 0.310 e. The minimum Gasteiger partial charge on any atom is -0.310 e. The van der Waals surface area contributed by atoms with Crippen molar-refractivity contribution in [2.75, 3.05) is 5.32 Å². The molecule has 0 aliphatic carbocycles. The van der Waals surface area contributed by atoms with Crippen molar-refractivity contribution in [1.29, 1.82) is 0 Å². The molecular formula is C7H7BrF3N3OS. The van der Waals surface area contributed by atoms with E-state index in [2.05, 4.69) is 20.9 Å². The molecule has 1 unspecified atom stereocenters. The first-order valence-corrected chi connectivity index (χ1v) is 5.54. The van der Waals surface area contributed by atoms with E-state index in [1.807, 2.05) is 5.32 Å². The fourth-order valence-corrected chi connectivity index (χ4v) is 1.77. The Labute approximate surface area is 101 Å². The molecule has 1 amide bonds. The van der Waals surface area contributed by atoms with Crippen LogP contribution in [0.25, 0.3) is 0 Å². The zero-order valence-electron chi connectivity index (χ0n) is 7.93. The highest BCUT2D eigenvalue weighted by Gasteiger charge is 2.54. The summed E-state index contributed by atoms with van der Waals surface area (Å²) in [6.45, 7) is 0.602. The Bertz CT molecular complexity index is 404. The van der Waals surface area contributed by atoms with E-state index in [-0.39, 0.29) is 5.13 Å². The third-order valence-electron chi connectivity index (χ3n) is 1.76. The van der Waals surface area contributed by atoms with Crippen LogP contribution >= 0.6 is 27.3 Å². The largest absolute Gasteiger partial charge is 0.415 e. The number of rotatable bonds is 2. The SMILES string of the molecule is CC(N)(C(=O)Nc1ncc(Br)s1)C(F)(F)F. The average molecular weight is 318 g/mol. The van der Waals surface area contributed by atoms with E-state index in [1.54, 1.807) is 0 Å². The Morgan fingerprint density at radius 2 is 2.19 bits per heavy atom. The van der Waals surface area contributed by atoms with E-state index >= 15 is 0 Å². The number of carbonyl (C=O) groups excluding carboxylic acids is 1. The predicted octanol–water partition coefficient (Wildman–Crippen LogP) is 2.12. The summed E-state index contributed by atoms with van der Waals surface area (Å²) < 4.78 is 37.7. The maximum atomic E-state index is 12.4. The van der Waals surface area contributed by atoms with Gasteiger partial charge >= 0.3 is 6.18 Å². The van der Waals surface area contributed by atoms with Crippen molar-refractivity contribution in [3.05, 3.63) is 9.98 Å². The van der Waals surface area contributed by atoms with Gasteiger partial charge in [-0.25, -0.2) is 4.98 Å². The molecule has 0 spiro atoms. The van der Waals surface area contributed by atoms with Gasteiger partial charge in [-0.3, -0.25) is 4.79 Å². The number of amides is 1. The third-order valence-corrected chi connectivity index (χ3v) is 3.15. The third kappa shape index (κ3) is 2.71. The molecule has 0 aromatic carbocycles. The Kier molecular flexibility index (Phi) is 3.60. The van der Waals surface area contributed by atoms with E-state index in [0.717, 1.165) is 11.3 Å². The van der Waals surface area contributed by atoms with Crippen molar-refractivity contribution in [1.82, 2.24) is 4.98 Å². The molecule has 4 nitrogen and oxygen atoms in total. The first-order chi connectivity index (χ1) is 7.14. The molecule has 0 bridgehead atoms. The molecule has 0 aliphatic heterocycles. The molecule has 1 rings (SSSR count). The van der Waals surface area contributed by atoms with Gasteiger partial charge in [0.05, 0.1) is 9.98 Å². The summed E-state index contributed by atoms with van der Waals surface area (Å²) in [5.74, 6) is -1.35. The zero-order chi connectivity index (χ0) is 12.6. The predicted molar refractivity (Wildman–Crippen MR) is 57.1 cm³/mol. The Morgan fingerprint density at radius 3 is 2.56 bits per heavy atom. The average Bonchev–Trinajstić information content (AvgIpc) is 2.49. The van der Waals surface area contributed by atoms with Crippen LogP contribution in [0.5, 0.6) is 0 Å². The van der Waals surface area contributed by atoms with Gasteiger partial charge in [0.25, 0.3) is 5.91 Å². The van der Waals surface area contributed by atoms with Crippen LogP contribution in [0.3, 0.4) is 0 Å². The van der Waals surface area contributed by atoms with Gasteiger partial charge in [-0.15, -0.1) is 0 Å². The molecule has 3 N–H and O–H groups in total. The van der Waals surface area contributed by atoms with Crippen LogP contribution in [0.2, 0.25) is 0 Å². The molecule has 1 aromatic rings. The van der Waals surface area contributed by atoms with Gasteiger partial charge in [0, 0.05) is 0 Å². The van der Waals surface area contributed by atoms with Crippen molar-refractivity contribution < 1.29 is 18.0 Å². The summed E-state index contributed by atoms with van der Waals surface area (Å²) in [5, 5.41) is 2.06. The molecule has 0 saturated carbocycles. The van der Waals surface area contributed by atoms with Gasteiger partial charge in [-0.05, 0) is 22.9 Å². The quantitative estimate of drug-likeness (QED) is 0.878. The molecule has 0 saturated heterocycles. The molecule has 16 heavy (non-hydrogen) atoms. The van der Waals surface area contributed by atoms with Crippen molar-refractivity contribution >= 4 is 38.3 Å². The van der Waals surface area contributed by atoms with E-state index in [4.69, 9.17) is 5.73 Å². The highest BCUT2D eigenvalue weighted by Crippen LogP contribution is 2.30. The molecular weight excluding hydrogens is 311 g/mol. The topological polar surface area (TPSA) is 68.0 Å². The van der Waals surface area contributed by atoms with E-state index in [9.17, 15) is 18.0 Å². The summed E-state index contributed by atoms with van der Waals surface area (Å²) in [7, 11) is 0. The van der Waals surface area contributed by atoms with Gasteiger partial charge in [0.1, 0.15) is 0 Å². The molecule has 9 heteroatoms. The standard InChI is InChI=1S/C7H7BrF3N3OS/c1-6(12,7(9,10)11)4(15)14-5-13-2-3(8)16-5/h2H,12H2,1H3,(H,13,14,15).